The Kier molecular flexibility index (Phi) is 25.2. The van der Waals surface area contributed by atoms with Crippen molar-refractivity contribution in [3.8, 4) is 5.75 Å². The maximum atomic E-state index is 13.8. The molecule has 1 unspecified atom stereocenters. The van der Waals surface area contributed by atoms with Crippen LogP contribution in [0.4, 0.5) is 10.1 Å². The van der Waals surface area contributed by atoms with Crippen molar-refractivity contribution in [2.45, 2.75) is 39.2 Å². The van der Waals surface area contributed by atoms with Gasteiger partial charge in [-0.3, -0.25) is 28.9 Å². The Hall–Kier alpha value is -6.07. The molecule has 1 saturated heterocycles. The van der Waals surface area contributed by atoms with Gasteiger partial charge in [0.2, 0.25) is 29.5 Å². The second-order valence-electron chi connectivity index (χ2n) is 16.2. The SMILES string of the molecule is CC1CC(=O)N(CCC(=O)NCCOCCOCCOCCOCCC(=O)NCCC(=O)N2Cc3ccccc3/C(NCCOCCOCCOCCOc3cccnc3[18F])=C(/N)c3ccccc32)C1=O. The molecule has 3 aromatic rings. The van der Waals surface area contributed by atoms with Crippen molar-refractivity contribution < 1.29 is 66.3 Å². The average Bonchev–Trinajstić information content (AvgIpc) is 3.61. The summed E-state index contributed by atoms with van der Waals surface area (Å²) in [5.41, 5.74) is 11.2. The number of hydrogen-bond acceptors (Lipinski definition) is 16. The highest BCUT2D eigenvalue weighted by Gasteiger charge is 2.35. The summed E-state index contributed by atoms with van der Waals surface area (Å²) >= 11 is 0. The third-order valence-electron chi connectivity index (χ3n) is 11.0. The topological polar surface area (TPSA) is 241 Å². The first-order valence-electron chi connectivity index (χ1n) is 24.0. The predicted octanol–water partition coefficient (Wildman–Crippen LogP) is 2.43. The maximum absolute atomic E-state index is 13.8. The van der Waals surface area contributed by atoms with Crippen molar-refractivity contribution in [1.29, 1.82) is 0 Å². The van der Waals surface area contributed by atoms with Gasteiger partial charge in [-0.2, -0.15) is 4.39 Å². The van der Waals surface area contributed by atoms with Crippen LogP contribution in [0.3, 0.4) is 0 Å². The molecule has 21 heteroatoms. The summed E-state index contributed by atoms with van der Waals surface area (Å²) in [4.78, 5) is 68.6. The van der Waals surface area contributed by atoms with E-state index in [1.54, 1.807) is 17.9 Å². The minimum atomic E-state index is -0.659. The Bertz CT molecular complexity index is 2180. The second-order valence-corrected chi connectivity index (χ2v) is 16.2. The molecule has 5 amide bonds. The molecule has 1 aromatic heterocycles. The van der Waals surface area contributed by atoms with Crippen molar-refractivity contribution in [3.05, 3.63) is 89.5 Å². The minimum absolute atomic E-state index is 0.0555. The number of carbonyl (C=O) groups excluding carboxylic acids is 5. The number of para-hydroxylation sites is 1. The van der Waals surface area contributed by atoms with E-state index in [4.69, 9.17) is 43.6 Å². The van der Waals surface area contributed by atoms with Crippen LogP contribution < -0.4 is 31.3 Å². The monoisotopic (exact) mass is 992 g/mol. The van der Waals surface area contributed by atoms with E-state index < -0.39 is 5.95 Å². The number of ether oxygens (including phenoxy) is 8. The molecule has 3 heterocycles. The lowest BCUT2D eigenvalue weighted by Crippen LogP contribution is -2.36. The third-order valence-corrected chi connectivity index (χ3v) is 11.0. The van der Waals surface area contributed by atoms with Crippen molar-refractivity contribution in [3.63, 3.8) is 0 Å². The summed E-state index contributed by atoms with van der Waals surface area (Å²) in [7, 11) is 0. The zero-order valence-corrected chi connectivity index (χ0v) is 40.5. The van der Waals surface area contributed by atoms with Gasteiger partial charge in [-0.1, -0.05) is 49.4 Å². The van der Waals surface area contributed by atoms with Crippen molar-refractivity contribution in [2.75, 3.05) is 130 Å². The Morgan fingerprint density at radius 3 is 1.87 bits per heavy atom. The average molecular weight is 993 g/mol. The maximum Gasteiger partial charge on any atom is 0.255 e. The largest absolute Gasteiger partial charge is 0.486 e. The van der Waals surface area contributed by atoms with Gasteiger partial charge in [-0.15, -0.1) is 0 Å². The lowest BCUT2D eigenvalue weighted by molar-refractivity contribution is -0.139. The zero-order valence-electron chi connectivity index (χ0n) is 40.5. The minimum Gasteiger partial charge on any atom is -0.486 e. The Morgan fingerprint density at radius 1 is 0.662 bits per heavy atom. The molecule has 5 N–H and O–H groups in total. The number of aromatic nitrogens is 1. The molecule has 5 rings (SSSR count). The highest BCUT2D eigenvalue weighted by Crippen LogP contribution is 2.35. The van der Waals surface area contributed by atoms with E-state index in [-0.39, 0.29) is 99.8 Å². The summed E-state index contributed by atoms with van der Waals surface area (Å²) in [6.07, 6.45) is 1.81. The number of nitrogens with zero attached hydrogens (tertiary/aromatic N) is 3. The molecule has 2 aliphatic heterocycles. The number of benzene rings is 2. The first-order valence-corrected chi connectivity index (χ1v) is 24.0. The fraction of sp³-hybridized carbons (Fsp3) is 0.520. The van der Waals surface area contributed by atoms with Crippen LogP contribution >= 0.6 is 0 Å². The molecular formula is C50H68FN7O13. The molecule has 388 valence electrons. The molecule has 0 aliphatic carbocycles. The second kappa shape index (κ2) is 32.0. The van der Waals surface area contributed by atoms with E-state index in [0.717, 1.165) is 21.7 Å². The molecule has 20 nitrogen and oxygen atoms in total. The van der Waals surface area contributed by atoms with Crippen LogP contribution in [0.5, 0.6) is 5.75 Å². The molecule has 0 saturated carbocycles. The first kappa shape index (κ1) is 55.9. The van der Waals surface area contributed by atoms with E-state index in [0.29, 0.717) is 116 Å². The van der Waals surface area contributed by atoms with E-state index >= 15 is 0 Å². The molecule has 1 fully saturated rings. The van der Waals surface area contributed by atoms with Gasteiger partial charge in [-0.25, -0.2) is 4.98 Å². The number of imide groups is 1. The van der Waals surface area contributed by atoms with Gasteiger partial charge in [0.05, 0.1) is 116 Å². The summed E-state index contributed by atoms with van der Waals surface area (Å²) in [6.45, 7) is 7.90. The molecule has 0 radical (unpaired) electrons. The van der Waals surface area contributed by atoms with E-state index in [2.05, 4.69) is 20.9 Å². The fourth-order valence-corrected chi connectivity index (χ4v) is 7.37. The van der Waals surface area contributed by atoms with Crippen LogP contribution in [0.15, 0.2) is 66.9 Å². The van der Waals surface area contributed by atoms with Crippen LogP contribution in [-0.2, 0) is 63.7 Å². The van der Waals surface area contributed by atoms with Gasteiger partial charge in [0.25, 0.3) is 5.95 Å². The van der Waals surface area contributed by atoms with E-state index in [1.807, 2.05) is 48.5 Å². The summed E-state index contributed by atoms with van der Waals surface area (Å²) < 4.78 is 57.7. The molecule has 2 aromatic carbocycles. The zero-order chi connectivity index (χ0) is 50.5. The third kappa shape index (κ3) is 19.6. The van der Waals surface area contributed by atoms with Crippen LogP contribution in [-0.4, -0.2) is 165 Å². The Balaban J connectivity index is 0.886. The fourth-order valence-electron chi connectivity index (χ4n) is 7.37. The van der Waals surface area contributed by atoms with Crippen LogP contribution in [0.2, 0.25) is 0 Å². The number of halogens is 1. The molecule has 0 bridgehead atoms. The highest BCUT2D eigenvalue weighted by molar-refractivity contribution is 6.03. The molecule has 0 spiro atoms. The number of rotatable bonds is 35. The number of likely N-dealkylation sites (tertiary alicyclic amines) is 1. The highest BCUT2D eigenvalue weighted by atomic mass is 18.2. The number of hydrogen-bond donors (Lipinski definition) is 4. The Morgan fingerprint density at radius 2 is 1.23 bits per heavy atom. The summed E-state index contributed by atoms with van der Waals surface area (Å²) in [5, 5.41) is 8.99. The summed E-state index contributed by atoms with van der Waals surface area (Å²) in [5.74, 6) is -2.03. The number of carbonyl (C=O) groups is 5. The number of fused-ring (bicyclic) bond motifs is 2. The lowest BCUT2D eigenvalue weighted by Gasteiger charge is -2.30. The van der Waals surface area contributed by atoms with E-state index in [1.165, 1.54) is 12.3 Å². The van der Waals surface area contributed by atoms with Crippen LogP contribution in [0, 0.1) is 11.9 Å². The molecular weight excluding hydrogens is 925 g/mol. The van der Waals surface area contributed by atoms with Crippen LogP contribution in [0.25, 0.3) is 11.4 Å². The van der Waals surface area contributed by atoms with Crippen molar-refractivity contribution >= 4 is 46.6 Å². The number of nitrogens with two attached hydrogens (primary N) is 1. The van der Waals surface area contributed by atoms with Crippen molar-refractivity contribution in [2.24, 2.45) is 11.7 Å². The van der Waals surface area contributed by atoms with Gasteiger partial charge in [0.1, 0.15) is 6.61 Å². The van der Waals surface area contributed by atoms with Crippen LogP contribution in [0.1, 0.15) is 49.3 Å². The van der Waals surface area contributed by atoms with Gasteiger partial charge in [0, 0.05) is 75.1 Å². The smallest absolute Gasteiger partial charge is 0.255 e. The van der Waals surface area contributed by atoms with Crippen molar-refractivity contribution in [1.82, 2.24) is 25.8 Å². The lowest BCUT2D eigenvalue weighted by atomic mass is 9.96. The predicted molar refractivity (Wildman–Crippen MR) is 259 cm³/mol. The molecule has 71 heavy (non-hydrogen) atoms. The molecule has 1 atom stereocenters. The number of anilines is 1. The standard InChI is InChI=1S/C50H68FN7O13/c1-37-35-46(62)57(50(37)63)19-13-43(59)54-17-21-65-24-27-68-30-29-67-26-23-64-20-14-44(60)53-16-12-45(61)58-36-38-7-2-3-8-39(38)48(47(52)40-9-4-5-10-41(40)58)55-18-22-66-25-28-69-31-32-70-33-34-71-42-11-6-15-56-49(42)51/h2-11,15,37,55H,12-14,16-36,52H2,1H3,(H,53,60)(H,54,59)/b48-47-/i51-1. The van der Waals surface area contributed by atoms with E-state index in [9.17, 15) is 28.4 Å². The normalized spacial score (nSPS) is 15.5. The number of nitrogens with one attached hydrogen (secondary N) is 3. The quantitative estimate of drug-likeness (QED) is 0.0376. The summed E-state index contributed by atoms with van der Waals surface area (Å²) in [6, 6.07) is 18.4. The van der Waals surface area contributed by atoms with Gasteiger partial charge < -0.3 is 64.5 Å². The first-order chi connectivity index (χ1) is 34.6. The van der Waals surface area contributed by atoms with Gasteiger partial charge in [-0.05, 0) is 23.8 Å². The number of amides is 5. The Labute approximate surface area is 413 Å². The van der Waals surface area contributed by atoms with Gasteiger partial charge in [0.15, 0.2) is 5.75 Å². The molecule has 2 aliphatic rings. The number of pyridine rings is 1. The van der Waals surface area contributed by atoms with Gasteiger partial charge >= 0.3 is 0 Å².